The van der Waals surface area contributed by atoms with Gasteiger partial charge in [0.2, 0.25) is 0 Å². The Morgan fingerprint density at radius 1 is 0.667 bits per heavy atom. The second-order valence-electron chi connectivity index (χ2n) is 0.994. The first kappa shape index (κ1) is 12.3. The predicted molar refractivity (Wildman–Crippen MR) is 47.7 cm³/mol. The van der Waals surface area contributed by atoms with Crippen molar-refractivity contribution < 1.29 is 1.41 Å². The molecule has 0 saturated heterocycles. The fraction of sp³-hybridized carbons (Fsp3) is 0. The third-order valence-corrected chi connectivity index (χ3v) is 31.2. The number of hydrogen-bond acceptors (Lipinski definition) is 1. The van der Waals surface area contributed by atoms with E-state index in [1.165, 1.54) is 0 Å². The molecule has 0 N–H and O–H groups in total. The van der Waals surface area contributed by atoms with Crippen LogP contribution in [-0.2, 0) is 1.41 Å². The van der Waals surface area contributed by atoms with Gasteiger partial charge < -0.3 is 0 Å². The number of hydrogen-bond donors (Lipinski definition) is 0. The zero-order chi connectivity index (χ0) is 7.71. The molecule has 0 aliphatic heterocycles. The Hall–Kier alpha value is 3.30. The van der Waals surface area contributed by atoms with E-state index in [1.54, 1.807) is 0 Å². The summed E-state index contributed by atoms with van der Waals surface area (Å²) in [5.41, 5.74) is 0. The summed E-state index contributed by atoms with van der Waals surface area (Å²) in [7, 11) is 32.0. The van der Waals surface area contributed by atoms with Crippen LogP contribution in [0.5, 0.6) is 0 Å². The summed E-state index contributed by atoms with van der Waals surface area (Å²) >= 11 is -7.66. The summed E-state index contributed by atoms with van der Waals surface area (Å²) in [6, 6.07) is 0. The molecule has 0 amide bonds. The van der Waals surface area contributed by atoms with Gasteiger partial charge in [-0.25, -0.2) is 0 Å². The van der Waals surface area contributed by atoms with E-state index in [1.807, 2.05) is 0 Å². The van der Waals surface area contributed by atoms with Gasteiger partial charge in [0.25, 0.3) is 0 Å². The SMILES string of the molecule is [Cl][Sn]([Cl])([Cl])[O][Sn]([Cl])([Cl])[Cl]. The quantitative estimate of drug-likeness (QED) is 0.568. The van der Waals surface area contributed by atoms with Crippen LogP contribution in [0.25, 0.3) is 0 Å². The van der Waals surface area contributed by atoms with E-state index >= 15 is 0 Å². The molecule has 56 valence electrons. The van der Waals surface area contributed by atoms with Crippen molar-refractivity contribution in [2.75, 3.05) is 0 Å². The van der Waals surface area contributed by atoms with Gasteiger partial charge >= 0.3 is 85.8 Å². The zero-order valence-electron chi connectivity index (χ0n) is 3.68. The van der Waals surface area contributed by atoms with Crippen molar-refractivity contribution in [1.82, 2.24) is 0 Å². The molecule has 0 radical (unpaired) electrons. The molecule has 0 aromatic carbocycles. The van der Waals surface area contributed by atoms with E-state index in [2.05, 4.69) is 1.41 Å². The van der Waals surface area contributed by atoms with Gasteiger partial charge in [-0.2, -0.15) is 0 Å². The van der Waals surface area contributed by atoms with Crippen molar-refractivity contribution in [3.05, 3.63) is 0 Å². The van der Waals surface area contributed by atoms with Crippen LogP contribution in [0.4, 0.5) is 0 Å². The Morgan fingerprint density at radius 3 is 0.889 bits per heavy atom. The monoisotopic (exact) mass is 466 g/mol. The molecule has 9 heavy (non-hydrogen) atoms. The first-order chi connectivity index (χ1) is 3.71. The van der Waals surface area contributed by atoms with Crippen LogP contribution in [-0.4, -0.2) is 30.8 Å². The molecule has 0 bridgehead atoms. The Balaban J connectivity index is 3.75. The molecule has 0 aliphatic rings. The third-order valence-electron chi connectivity index (χ3n) is 0.231. The first-order valence-electron chi connectivity index (χ1n) is 1.54. The van der Waals surface area contributed by atoms with Crippen LogP contribution in [0.15, 0.2) is 0 Å². The van der Waals surface area contributed by atoms with E-state index in [-0.39, 0.29) is 0 Å². The summed E-state index contributed by atoms with van der Waals surface area (Å²) in [4.78, 5) is 0. The van der Waals surface area contributed by atoms with Crippen molar-refractivity contribution in [2.45, 2.75) is 0 Å². The van der Waals surface area contributed by atoms with E-state index in [0.717, 1.165) is 0 Å². The molecule has 0 rings (SSSR count). The van der Waals surface area contributed by atoms with Gasteiger partial charge in [-0.3, -0.25) is 0 Å². The molecule has 0 fully saturated rings. The Bertz CT molecular complexity index is 76.2. The van der Waals surface area contributed by atoms with Gasteiger partial charge in [-0.05, 0) is 0 Å². The standard InChI is InChI=1S/6ClH.O.2Sn/h6*1H;;;/q;;;;;;;2*+3/p-6. The topological polar surface area (TPSA) is 9.23 Å². The van der Waals surface area contributed by atoms with Crippen LogP contribution in [0.2, 0.25) is 0 Å². The summed E-state index contributed by atoms with van der Waals surface area (Å²) in [6.07, 6.45) is 0. The average Bonchev–Trinajstić information content (AvgIpc) is 1.14. The summed E-state index contributed by atoms with van der Waals surface area (Å²) in [5.74, 6) is 0. The molecule has 0 aromatic heterocycles. The fourth-order valence-corrected chi connectivity index (χ4v) is 53.1. The van der Waals surface area contributed by atoms with Gasteiger partial charge in [0.05, 0.1) is 0 Å². The summed E-state index contributed by atoms with van der Waals surface area (Å²) in [5, 5.41) is 0. The van der Waals surface area contributed by atoms with E-state index in [9.17, 15) is 0 Å². The summed E-state index contributed by atoms with van der Waals surface area (Å²) in [6.45, 7) is 0. The fourth-order valence-electron chi connectivity index (χ4n) is 0.131. The molecule has 0 spiro atoms. The van der Waals surface area contributed by atoms with Crippen LogP contribution in [0.3, 0.4) is 0 Å². The molecule has 9 heteroatoms. The zero-order valence-corrected chi connectivity index (χ0v) is 13.9. The van der Waals surface area contributed by atoms with Crippen molar-refractivity contribution in [1.29, 1.82) is 0 Å². The van der Waals surface area contributed by atoms with Crippen LogP contribution < -0.4 is 0 Å². The third kappa shape index (κ3) is 11.3. The second kappa shape index (κ2) is 4.51. The van der Waals surface area contributed by atoms with Crippen LogP contribution >= 0.6 is 53.5 Å². The van der Waals surface area contributed by atoms with Gasteiger partial charge in [0.15, 0.2) is 0 Å². The van der Waals surface area contributed by atoms with E-state index in [0.29, 0.717) is 0 Å². The normalized spacial score (nSPS) is 14.0. The maximum absolute atomic E-state index is 5.34. The summed E-state index contributed by atoms with van der Waals surface area (Å²) < 4.78 is 4.64. The van der Waals surface area contributed by atoms with Crippen molar-refractivity contribution >= 4 is 84.3 Å². The van der Waals surface area contributed by atoms with Crippen molar-refractivity contribution in [2.24, 2.45) is 0 Å². The average molecular weight is 466 g/mol. The number of rotatable bonds is 2. The van der Waals surface area contributed by atoms with Crippen molar-refractivity contribution in [3.63, 3.8) is 0 Å². The van der Waals surface area contributed by atoms with E-state index in [4.69, 9.17) is 53.5 Å². The Kier molecular flexibility index (Phi) is 6.16. The Labute approximate surface area is 84.0 Å². The Morgan fingerprint density at radius 2 is 0.889 bits per heavy atom. The predicted octanol–water partition coefficient (Wildman–Crippen LogP) is 3.31. The first-order valence-corrected chi connectivity index (χ1v) is 25.6. The molecule has 0 aliphatic carbocycles. The molecule has 0 saturated carbocycles. The minimum atomic E-state index is -3.83. The van der Waals surface area contributed by atoms with Gasteiger partial charge in [-0.15, -0.1) is 0 Å². The molecule has 0 aromatic rings. The number of halogens is 6. The molecular formula is Cl6OSn2. The molecule has 0 unspecified atom stereocenters. The second-order valence-corrected chi connectivity index (χ2v) is 39.8. The maximum atomic E-state index is 5.34. The van der Waals surface area contributed by atoms with Crippen molar-refractivity contribution in [3.8, 4) is 0 Å². The van der Waals surface area contributed by atoms with Gasteiger partial charge in [0, 0.05) is 0 Å². The van der Waals surface area contributed by atoms with Crippen LogP contribution in [0, 0.1) is 0 Å². The molecule has 0 heterocycles. The molecular weight excluding hydrogens is 466 g/mol. The van der Waals surface area contributed by atoms with Gasteiger partial charge in [0.1, 0.15) is 0 Å². The van der Waals surface area contributed by atoms with Gasteiger partial charge in [-0.1, -0.05) is 0 Å². The van der Waals surface area contributed by atoms with E-state index < -0.39 is 30.8 Å². The minimum absolute atomic E-state index is 3.83. The molecule has 0 atom stereocenters. The molecule has 1 nitrogen and oxygen atoms in total. The van der Waals surface area contributed by atoms with Crippen LogP contribution in [0.1, 0.15) is 0 Å².